The predicted octanol–water partition coefficient (Wildman–Crippen LogP) is 3.14. The largest absolute Gasteiger partial charge is 0.393 e. The van der Waals surface area contributed by atoms with Crippen molar-refractivity contribution in [2.45, 2.75) is 51.6 Å². The highest BCUT2D eigenvalue weighted by Crippen LogP contribution is 2.32. The molecule has 0 radical (unpaired) electrons. The minimum absolute atomic E-state index is 0.0268. The molecular weight excluding hydrogens is 160 g/mol. The Kier molecular flexibility index (Phi) is 4.51. The van der Waals surface area contributed by atoms with Crippen molar-refractivity contribution in [1.82, 2.24) is 0 Å². The topological polar surface area (TPSA) is 20.2 Å². The molecular formula is C12H22O. The molecule has 1 nitrogen and oxygen atoms in total. The van der Waals surface area contributed by atoms with Gasteiger partial charge < -0.3 is 5.11 Å². The summed E-state index contributed by atoms with van der Waals surface area (Å²) in [6.45, 7) is 6.01. The van der Waals surface area contributed by atoms with Crippen molar-refractivity contribution in [3.8, 4) is 0 Å². The van der Waals surface area contributed by atoms with Gasteiger partial charge in [0.25, 0.3) is 0 Å². The molecule has 13 heavy (non-hydrogen) atoms. The van der Waals surface area contributed by atoms with Gasteiger partial charge in [0.1, 0.15) is 0 Å². The third-order valence-corrected chi connectivity index (χ3v) is 3.19. The molecule has 3 atom stereocenters. The molecule has 0 aromatic rings. The number of aliphatic hydroxyl groups excluding tert-OH is 1. The van der Waals surface area contributed by atoms with Gasteiger partial charge in [-0.25, -0.2) is 0 Å². The number of aliphatic hydroxyl groups is 1. The Bertz CT molecular complexity index is 153. The zero-order chi connectivity index (χ0) is 9.68. The van der Waals surface area contributed by atoms with E-state index < -0.39 is 0 Å². The van der Waals surface area contributed by atoms with Crippen molar-refractivity contribution in [3.05, 3.63) is 12.7 Å². The van der Waals surface area contributed by atoms with E-state index in [1.807, 2.05) is 6.08 Å². The van der Waals surface area contributed by atoms with Crippen LogP contribution in [0.2, 0.25) is 0 Å². The fourth-order valence-electron chi connectivity index (χ4n) is 2.32. The maximum absolute atomic E-state index is 9.76. The van der Waals surface area contributed by atoms with Crippen LogP contribution in [-0.4, -0.2) is 11.2 Å². The monoisotopic (exact) mass is 182 g/mol. The maximum atomic E-state index is 9.76. The first-order valence-electron chi connectivity index (χ1n) is 5.53. The molecule has 1 N–H and O–H groups in total. The summed E-state index contributed by atoms with van der Waals surface area (Å²) in [6.07, 6.45) is 8.85. The lowest BCUT2D eigenvalue weighted by Gasteiger charge is -2.31. The predicted molar refractivity (Wildman–Crippen MR) is 56.6 cm³/mol. The molecule has 1 aliphatic carbocycles. The van der Waals surface area contributed by atoms with E-state index in [0.717, 1.165) is 18.8 Å². The van der Waals surface area contributed by atoms with Gasteiger partial charge in [-0.2, -0.15) is 0 Å². The van der Waals surface area contributed by atoms with E-state index in [1.165, 1.54) is 25.7 Å². The van der Waals surface area contributed by atoms with Crippen molar-refractivity contribution >= 4 is 0 Å². The van der Waals surface area contributed by atoms with Gasteiger partial charge >= 0.3 is 0 Å². The fraction of sp³-hybridized carbons (Fsp3) is 0.833. The van der Waals surface area contributed by atoms with Crippen LogP contribution in [0.1, 0.15) is 45.4 Å². The highest BCUT2D eigenvalue weighted by atomic mass is 16.3. The Balaban J connectivity index is 2.24. The molecule has 1 heteroatoms. The van der Waals surface area contributed by atoms with Crippen LogP contribution < -0.4 is 0 Å². The van der Waals surface area contributed by atoms with Crippen molar-refractivity contribution in [2.75, 3.05) is 0 Å². The summed E-state index contributed by atoms with van der Waals surface area (Å²) < 4.78 is 0. The first-order valence-corrected chi connectivity index (χ1v) is 5.53. The van der Waals surface area contributed by atoms with Crippen LogP contribution in [0.3, 0.4) is 0 Å². The first-order chi connectivity index (χ1) is 6.24. The van der Waals surface area contributed by atoms with E-state index in [2.05, 4.69) is 13.5 Å². The van der Waals surface area contributed by atoms with E-state index in [-0.39, 0.29) is 6.10 Å². The van der Waals surface area contributed by atoms with Crippen molar-refractivity contribution in [3.63, 3.8) is 0 Å². The van der Waals surface area contributed by atoms with Gasteiger partial charge in [-0.15, -0.1) is 6.58 Å². The Morgan fingerprint density at radius 3 is 2.92 bits per heavy atom. The molecule has 1 fully saturated rings. The minimum Gasteiger partial charge on any atom is -0.393 e. The van der Waals surface area contributed by atoms with Crippen LogP contribution >= 0.6 is 0 Å². The molecule has 3 unspecified atom stereocenters. The van der Waals surface area contributed by atoms with Gasteiger partial charge in [0.15, 0.2) is 0 Å². The molecule has 1 aliphatic rings. The second-order valence-corrected chi connectivity index (χ2v) is 4.47. The van der Waals surface area contributed by atoms with Gasteiger partial charge in [0, 0.05) is 0 Å². The summed E-state index contributed by atoms with van der Waals surface area (Å²) in [4.78, 5) is 0. The summed E-state index contributed by atoms with van der Waals surface area (Å²) in [5.41, 5.74) is 0. The third-order valence-electron chi connectivity index (χ3n) is 3.19. The van der Waals surface area contributed by atoms with Gasteiger partial charge in [-0.3, -0.25) is 0 Å². The maximum Gasteiger partial charge on any atom is 0.0568 e. The molecule has 0 saturated heterocycles. The van der Waals surface area contributed by atoms with E-state index in [1.54, 1.807) is 0 Å². The number of allylic oxidation sites excluding steroid dienone is 1. The van der Waals surface area contributed by atoms with Crippen LogP contribution in [0.5, 0.6) is 0 Å². The van der Waals surface area contributed by atoms with E-state index in [4.69, 9.17) is 0 Å². The molecule has 76 valence electrons. The Morgan fingerprint density at radius 1 is 1.46 bits per heavy atom. The number of hydrogen-bond acceptors (Lipinski definition) is 1. The van der Waals surface area contributed by atoms with E-state index in [0.29, 0.717) is 5.92 Å². The van der Waals surface area contributed by atoms with Gasteiger partial charge in [0.2, 0.25) is 0 Å². The summed E-state index contributed by atoms with van der Waals surface area (Å²) in [6, 6.07) is 0. The zero-order valence-electron chi connectivity index (χ0n) is 8.71. The van der Waals surface area contributed by atoms with Crippen molar-refractivity contribution < 1.29 is 5.11 Å². The second kappa shape index (κ2) is 5.43. The first kappa shape index (κ1) is 10.8. The number of rotatable bonds is 4. The standard InChI is InChI=1S/C12H22O/c1-3-4-5-6-11-9-10(2)7-8-12(11)13/h3,10-13H,1,4-9H2,2H3. The average Bonchev–Trinajstić information content (AvgIpc) is 2.11. The molecule has 0 aromatic heterocycles. The van der Waals surface area contributed by atoms with Crippen molar-refractivity contribution in [2.24, 2.45) is 11.8 Å². The molecule has 0 aliphatic heterocycles. The lowest BCUT2D eigenvalue weighted by atomic mass is 9.78. The normalized spacial score (nSPS) is 34.5. The van der Waals surface area contributed by atoms with Gasteiger partial charge in [-0.05, 0) is 50.4 Å². The Morgan fingerprint density at radius 2 is 2.23 bits per heavy atom. The van der Waals surface area contributed by atoms with Crippen LogP contribution in [0.4, 0.5) is 0 Å². The zero-order valence-corrected chi connectivity index (χ0v) is 8.71. The SMILES string of the molecule is C=CCCCC1CC(C)CCC1O. The molecule has 1 rings (SSSR count). The van der Waals surface area contributed by atoms with Gasteiger partial charge in [-0.1, -0.05) is 13.0 Å². The summed E-state index contributed by atoms with van der Waals surface area (Å²) in [5, 5.41) is 9.76. The molecule has 1 saturated carbocycles. The smallest absolute Gasteiger partial charge is 0.0568 e. The van der Waals surface area contributed by atoms with Crippen LogP contribution in [0.15, 0.2) is 12.7 Å². The molecule has 0 bridgehead atoms. The van der Waals surface area contributed by atoms with Crippen LogP contribution in [0, 0.1) is 11.8 Å². The highest BCUT2D eigenvalue weighted by Gasteiger charge is 2.26. The van der Waals surface area contributed by atoms with E-state index >= 15 is 0 Å². The Labute approximate surface area is 81.9 Å². The molecule has 0 spiro atoms. The van der Waals surface area contributed by atoms with Crippen molar-refractivity contribution in [1.29, 1.82) is 0 Å². The van der Waals surface area contributed by atoms with Crippen LogP contribution in [0.25, 0.3) is 0 Å². The summed E-state index contributed by atoms with van der Waals surface area (Å²) >= 11 is 0. The lowest BCUT2D eigenvalue weighted by Crippen LogP contribution is -2.28. The summed E-state index contributed by atoms with van der Waals surface area (Å²) in [7, 11) is 0. The second-order valence-electron chi connectivity index (χ2n) is 4.47. The molecule has 0 amide bonds. The minimum atomic E-state index is -0.0268. The van der Waals surface area contributed by atoms with Crippen LogP contribution in [-0.2, 0) is 0 Å². The number of unbranched alkanes of at least 4 members (excludes halogenated alkanes) is 1. The third kappa shape index (κ3) is 3.51. The quantitative estimate of drug-likeness (QED) is 0.523. The summed E-state index contributed by atoms with van der Waals surface area (Å²) in [5.74, 6) is 1.38. The number of hydrogen-bond donors (Lipinski definition) is 1. The Hall–Kier alpha value is -0.300. The van der Waals surface area contributed by atoms with E-state index in [9.17, 15) is 5.11 Å². The molecule has 0 aromatic carbocycles. The lowest BCUT2D eigenvalue weighted by molar-refractivity contribution is 0.0466. The highest BCUT2D eigenvalue weighted by molar-refractivity contribution is 4.78. The average molecular weight is 182 g/mol. The fourth-order valence-corrected chi connectivity index (χ4v) is 2.32. The van der Waals surface area contributed by atoms with Gasteiger partial charge in [0.05, 0.1) is 6.10 Å². The molecule has 0 heterocycles.